The first-order chi connectivity index (χ1) is 7.65. The first-order valence-electron chi connectivity index (χ1n) is 6.12. The Labute approximate surface area is 97.8 Å². The molecular formula is C14H21NO. The molecule has 0 aromatic heterocycles. The number of nitrogens with two attached hydrogens (primary N) is 1. The smallest absolute Gasteiger partial charge is 0.0733 e. The summed E-state index contributed by atoms with van der Waals surface area (Å²) in [6.07, 6.45) is 3.79. The standard InChI is InChI=1S/C14H21NO/c1-10-3-6-12(7-4-10)9-13(15)14-8-5-11(2)16-14/h3-4,6-7,11,13-14H,5,8-9,15H2,1-2H3. The lowest BCUT2D eigenvalue weighted by atomic mass is 9.99. The van der Waals surface area contributed by atoms with Gasteiger partial charge in [0.25, 0.3) is 0 Å². The fourth-order valence-corrected chi connectivity index (χ4v) is 2.28. The summed E-state index contributed by atoms with van der Waals surface area (Å²) < 4.78 is 5.79. The fourth-order valence-electron chi connectivity index (χ4n) is 2.28. The molecule has 2 N–H and O–H groups in total. The summed E-state index contributed by atoms with van der Waals surface area (Å²) in [6.45, 7) is 4.23. The van der Waals surface area contributed by atoms with Crippen molar-refractivity contribution in [2.75, 3.05) is 0 Å². The zero-order valence-corrected chi connectivity index (χ0v) is 10.1. The third-order valence-corrected chi connectivity index (χ3v) is 3.33. The van der Waals surface area contributed by atoms with Gasteiger partial charge in [0.1, 0.15) is 0 Å². The lowest BCUT2D eigenvalue weighted by Crippen LogP contribution is -2.36. The van der Waals surface area contributed by atoms with Gasteiger partial charge in [-0.3, -0.25) is 0 Å². The van der Waals surface area contributed by atoms with E-state index in [1.165, 1.54) is 11.1 Å². The Kier molecular flexibility index (Phi) is 3.62. The topological polar surface area (TPSA) is 35.2 Å². The minimum Gasteiger partial charge on any atom is -0.374 e. The van der Waals surface area contributed by atoms with Crippen molar-refractivity contribution in [1.82, 2.24) is 0 Å². The summed E-state index contributed by atoms with van der Waals surface area (Å²) in [6, 6.07) is 8.73. The van der Waals surface area contributed by atoms with Crippen LogP contribution in [0.25, 0.3) is 0 Å². The van der Waals surface area contributed by atoms with E-state index in [1.54, 1.807) is 0 Å². The summed E-state index contributed by atoms with van der Waals surface area (Å²) in [5, 5.41) is 0. The molecule has 2 heteroatoms. The molecule has 0 radical (unpaired) electrons. The van der Waals surface area contributed by atoms with Crippen LogP contribution in [0.3, 0.4) is 0 Å². The number of hydrogen-bond donors (Lipinski definition) is 1. The molecule has 1 aromatic rings. The van der Waals surface area contributed by atoms with E-state index >= 15 is 0 Å². The van der Waals surface area contributed by atoms with Crippen LogP contribution in [0.5, 0.6) is 0 Å². The molecule has 3 unspecified atom stereocenters. The maximum absolute atomic E-state index is 6.19. The lowest BCUT2D eigenvalue weighted by Gasteiger charge is -2.19. The van der Waals surface area contributed by atoms with Crippen molar-refractivity contribution >= 4 is 0 Å². The molecule has 1 heterocycles. The van der Waals surface area contributed by atoms with Crippen molar-refractivity contribution in [3.63, 3.8) is 0 Å². The van der Waals surface area contributed by atoms with Gasteiger partial charge in [-0.25, -0.2) is 0 Å². The van der Waals surface area contributed by atoms with Crippen LogP contribution in [0.1, 0.15) is 30.9 Å². The quantitative estimate of drug-likeness (QED) is 0.847. The van der Waals surface area contributed by atoms with E-state index in [0.29, 0.717) is 6.10 Å². The maximum Gasteiger partial charge on any atom is 0.0733 e. The second-order valence-electron chi connectivity index (χ2n) is 4.92. The van der Waals surface area contributed by atoms with E-state index in [9.17, 15) is 0 Å². The van der Waals surface area contributed by atoms with E-state index in [4.69, 9.17) is 10.5 Å². The fraction of sp³-hybridized carbons (Fsp3) is 0.571. The van der Waals surface area contributed by atoms with Gasteiger partial charge in [-0.2, -0.15) is 0 Å². The molecule has 2 rings (SSSR count). The largest absolute Gasteiger partial charge is 0.374 e. The van der Waals surface area contributed by atoms with Crippen LogP contribution >= 0.6 is 0 Å². The van der Waals surface area contributed by atoms with Crippen molar-refractivity contribution < 1.29 is 4.74 Å². The van der Waals surface area contributed by atoms with E-state index in [-0.39, 0.29) is 12.1 Å². The third-order valence-electron chi connectivity index (χ3n) is 3.33. The molecule has 0 saturated carbocycles. The van der Waals surface area contributed by atoms with Crippen LogP contribution < -0.4 is 5.73 Å². The van der Waals surface area contributed by atoms with E-state index in [2.05, 4.69) is 38.1 Å². The van der Waals surface area contributed by atoms with Crippen LogP contribution in [0.2, 0.25) is 0 Å². The molecule has 0 bridgehead atoms. The van der Waals surface area contributed by atoms with Crippen LogP contribution in [-0.2, 0) is 11.2 Å². The SMILES string of the molecule is Cc1ccc(CC(N)C2CCC(C)O2)cc1. The number of aryl methyl sites for hydroxylation is 1. The van der Waals surface area contributed by atoms with Crippen LogP contribution in [0.15, 0.2) is 24.3 Å². The third kappa shape index (κ3) is 2.83. The molecule has 1 aliphatic rings. The van der Waals surface area contributed by atoms with Gasteiger partial charge < -0.3 is 10.5 Å². The first kappa shape index (κ1) is 11.6. The van der Waals surface area contributed by atoms with Crippen molar-refractivity contribution in [2.45, 2.75) is 51.4 Å². The zero-order valence-electron chi connectivity index (χ0n) is 10.1. The molecule has 1 fully saturated rings. The van der Waals surface area contributed by atoms with Gasteiger partial charge >= 0.3 is 0 Å². The number of rotatable bonds is 3. The number of ether oxygens (including phenoxy) is 1. The molecule has 1 aliphatic heterocycles. The average molecular weight is 219 g/mol. The van der Waals surface area contributed by atoms with Crippen LogP contribution in [0, 0.1) is 6.92 Å². The monoisotopic (exact) mass is 219 g/mol. The Bertz CT molecular complexity index is 333. The molecule has 88 valence electrons. The minimum absolute atomic E-state index is 0.132. The zero-order chi connectivity index (χ0) is 11.5. The van der Waals surface area contributed by atoms with E-state index < -0.39 is 0 Å². The highest BCUT2D eigenvalue weighted by molar-refractivity contribution is 5.22. The van der Waals surface area contributed by atoms with Gasteiger partial charge in [0, 0.05) is 6.04 Å². The molecular weight excluding hydrogens is 198 g/mol. The molecule has 0 aliphatic carbocycles. The first-order valence-corrected chi connectivity index (χ1v) is 6.12. The predicted molar refractivity (Wildman–Crippen MR) is 66.4 cm³/mol. The Morgan fingerprint density at radius 1 is 1.31 bits per heavy atom. The van der Waals surface area contributed by atoms with Gasteiger partial charge in [0.05, 0.1) is 12.2 Å². The highest BCUT2D eigenvalue weighted by Gasteiger charge is 2.27. The number of hydrogen-bond acceptors (Lipinski definition) is 2. The Morgan fingerprint density at radius 2 is 2.00 bits per heavy atom. The molecule has 2 nitrogen and oxygen atoms in total. The Hall–Kier alpha value is -0.860. The minimum atomic E-state index is 0.132. The second kappa shape index (κ2) is 4.98. The summed E-state index contributed by atoms with van der Waals surface area (Å²) >= 11 is 0. The lowest BCUT2D eigenvalue weighted by molar-refractivity contribution is 0.0404. The predicted octanol–water partition coefficient (Wildman–Crippen LogP) is 2.43. The molecule has 0 amide bonds. The van der Waals surface area contributed by atoms with E-state index in [0.717, 1.165) is 19.3 Å². The van der Waals surface area contributed by atoms with Crippen LogP contribution in [0.4, 0.5) is 0 Å². The van der Waals surface area contributed by atoms with Gasteiger partial charge in [-0.05, 0) is 38.7 Å². The normalized spacial score (nSPS) is 26.9. The molecule has 16 heavy (non-hydrogen) atoms. The van der Waals surface area contributed by atoms with Crippen molar-refractivity contribution in [2.24, 2.45) is 5.73 Å². The molecule has 1 aromatic carbocycles. The summed E-state index contributed by atoms with van der Waals surface area (Å²) in [4.78, 5) is 0. The molecule has 1 saturated heterocycles. The average Bonchev–Trinajstić information content (AvgIpc) is 2.68. The highest BCUT2D eigenvalue weighted by Crippen LogP contribution is 2.22. The van der Waals surface area contributed by atoms with Gasteiger partial charge in [-0.1, -0.05) is 29.8 Å². The van der Waals surface area contributed by atoms with E-state index in [1.807, 2.05) is 0 Å². The van der Waals surface area contributed by atoms with Crippen LogP contribution in [-0.4, -0.2) is 18.2 Å². The van der Waals surface area contributed by atoms with Crippen molar-refractivity contribution in [1.29, 1.82) is 0 Å². The van der Waals surface area contributed by atoms with Crippen molar-refractivity contribution in [3.8, 4) is 0 Å². The summed E-state index contributed by atoms with van der Waals surface area (Å²) in [5.74, 6) is 0. The van der Waals surface area contributed by atoms with Gasteiger partial charge in [0.2, 0.25) is 0 Å². The summed E-state index contributed by atoms with van der Waals surface area (Å²) in [5.41, 5.74) is 8.79. The molecule has 3 atom stereocenters. The van der Waals surface area contributed by atoms with Gasteiger partial charge in [0.15, 0.2) is 0 Å². The Balaban J connectivity index is 1.91. The van der Waals surface area contributed by atoms with Crippen molar-refractivity contribution in [3.05, 3.63) is 35.4 Å². The Morgan fingerprint density at radius 3 is 2.56 bits per heavy atom. The van der Waals surface area contributed by atoms with Gasteiger partial charge in [-0.15, -0.1) is 0 Å². The highest BCUT2D eigenvalue weighted by atomic mass is 16.5. The maximum atomic E-state index is 6.19. The second-order valence-corrected chi connectivity index (χ2v) is 4.92. The number of benzene rings is 1. The molecule has 0 spiro atoms. The summed E-state index contributed by atoms with van der Waals surface area (Å²) in [7, 11) is 0.